The fourth-order valence-electron chi connectivity index (χ4n) is 2.88. The van der Waals surface area contributed by atoms with Crippen molar-refractivity contribution in [2.75, 3.05) is 0 Å². The Kier molecular flexibility index (Phi) is 3.85. The van der Waals surface area contributed by atoms with E-state index in [-0.39, 0.29) is 5.56 Å². The van der Waals surface area contributed by atoms with Crippen LogP contribution in [0.2, 0.25) is 0 Å². The zero-order valence-electron chi connectivity index (χ0n) is 13.8. The van der Waals surface area contributed by atoms with Crippen LogP contribution in [0.1, 0.15) is 5.82 Å². The van der Waals surface area contributed by atoms with Crippen molar-refractivity contribution in [2.24, 2.45) is 7.05 Å². The van der Waals surface area contributed by atoms with Crippen molar-refractivity contribution in [1.82, 2.24) is 24.3 Å². The lowest BCUT2D eigenvalue weighted by Crippen LogP contribution is -2.24. The Morgan fingerprint density at radius 3 is 2.60 bits per heavy atom. The van der Waals surface area contributed by atoms with Gasteiger partial charge >= 0.3 is 0 Å². The molecular weight excluding hydrogens is 314 g/mol. The first-order valence-electron chi connectivity index (χ1n) is 8.12. The van der Waals surface area contributed by atoms with Crippen molar-refractivity contribution in [3.63, 3.8) is 0 Å². The topological polar surface area (TPSA) is 65.6 Å². The normalized spacial score (nSPS) is 11.1. The minimum atomic E-state index is -0.126. The van der Waals surface area contributed by atoms with Crippen LogP contribution in [0.5, 0.6) is 0 Å². The fourth-order valence-corrected chi connectivity index (χ4v) is 2.88. The van der Waals surface area contributed by atoms with Gasteiger partial charge < -0.3 is 4.57 Å². The molecule has 0 bridgehead atoms. The van der Waals surface area contributed by atoms with Gasteiger partial charge in [-0.2, -0.15) is 5.10 Å². The quantitative estimate of drug-likeness (QED) is 0.576. The number of fused-ring (bicyclic) bond motifs is 1. The minimum absolute atomic E-state index is 0.126. The van der Waals surface area contributed by atoms with Crippen molar-refractivity contribution < 1.29 is 0 Å². The summed E-state index contributed by atoms with van der Waals surface area (Å²) in [5.74, 6) is 0.929. The number of aryl methyl sites for hydroxylation is 3. The third-order valence-electron chi connectivity index (χ3n) is 4.22. The monoisotopic (exact) mass is 331 g/mol. The average Bonchev–Trinajstić information content (AvgIpc) is 2.98. The summed E-state index contributed by atoms with van der Waals surface area (Å²) in [6, 6.07) is 16.9. The Bertz CT molecular complexity index is 1080. The molecule has 0 amide bonds. The van der Waals surface area contributed by atoms with Gasteiger partial charge in [-0.1, -0.05) is 18.2 Å². The molecule has 0 spiro atoms. The maximum Gasteiger partial charge on any atom is 0.266 e. The van der Waals surface area contributed by atoms with E-state index >= 15 is 0 Å². The summed E-state index contributed by atoms with van der Waals surface area (Å²) in [5.41, 5.74) is 3.35. The Morgan fingerprint density at radius 1 is 0.960 bits per heavy atom. The van der Waals surface area contributed by atoms with Crippen LogP contribution in [0.4, 0.5) is 0 Å². The first-order chi connectivity index (χ1) is 12.2. The summed E-state index contributed by atoms with van der Waals surface area (Å²) in [7, 11) is 1.99. The van der Waals surface area contributed by atoms with E-state index < -0.39 is 0 Å². The molecule has 3 heterocycles. The summed E-state index contributed by atoms with van der Waals surface area (Å²) >= 11 is 0. The third-order valence-corrected chi connectivity index (χ3v) is 4.22. The van der Waals surface area contributed by atoms with Gasteiger partial charge in [0.05, 0.1) is 23.3 Å². The number of imidazole rings is 1. The largest absolute Gasteiger partial charge is 0.331 e. The molecule has 0 saturated carbocycles. The molecule has 1 aromatic carbocycles. The summed E-state index contributed by atoms with van der Waals surface area (Å²) < 4.78 is 3.53. The van der Waals surface area contributed by atoms with Gasteiger partial charge in [0.1, 0.15) is 11.5 Å². The van der Waals surface area contributed by atoms with E-state index in [1.165, 1.54) is 10.7 Å². The van der Waals surface area contributed by atoms with Gasteiger partial charge in [0, 0.05) is 25.7 Å². The van der Waals surface area contributed by atoms with Crippen molar-refractivity contribution >= 4 is 11.0 Å². The van der Waals surface area contributed by atoms with Gasteiger partial charge in [0.2, 0.25) is 0 Å². The predicted molar refractivity (Wildman–Crippen MR) is 96.1 cm³/mol. The molecule has 0 aliphatic heterocycles. The molecule has 6 nitrogen and oxygen atoms in total. The third kappa shape index (κ3) is 2.94. The fraction of sp³-hybridized carbons (Fsp3) is 0.158. The average molecular weight is 331 g/mol. The van der Waals surface area contributed by atoms with E-state index in [1.807, 2.05) is 49.5 Å². The van der Waals surface area contributed by atoms with Gasteiger partial charge in [0.15, 0.2) is 0 Å². The zero-order chi connectivity index (χ0) is 17.2. The number of rotatable bonds is 4. The maximum absolute atomic E-state index is 12.1. The second-order valence-electron chi connectivity index (χ2n) is 5.82. The molecule has 4 aromatic rings. The van der Waals surface area contributed by atoms with Crippen LogP contribution in [0.25, 0.3) is 22.4 Å². The molecule has 6 heteroatoms. The Hall–Kier alpha value is -3.28. The second-order valence-corrected chi connectivity index (χ2v) is 5.82. The molecule has 0 radical (unpaired) electrons. The minimum Gasteiger partial charge on any atom is -0.331 e. The standard InChI is InChI=1S/C19H17N5O/c1-23-17-8-3-2-7-16(17)21-18(23)11-13-24-19(25)10-9-15(22-24)14-6-4-5-12-20-14/h2-10,12H,11,13H2,1H3. The number of nitrogens with zero attached hydrogens (tertiary/aromatic N) is 5. The number of hydrogen-bond acceptors (Lipinski definition) is 4. The molecule has 0 atom stereocenters. The van der Waals surface area contributed by atoms with Crippen LogP contribution in [-0.4, -0.2) is 24.3 Å². The molecule has 0 fully saturated rings. The smallest absolute Gasteiger partial charge is 0.266 e. The van der Waals surface area contributed by atoms with Gasteiger partial charge in [-0.3, -0.25) is 9.78 Å². The highest BCUT2D eigenvalue weighted by Crippen LogP contribution is 2.15. The Morgan fingerprint density at radius 2 is 1.80 bits per heavy atom. The summed E-state index contributed by atoms with van der Waals surface area (Å²) in [4.78, 5) is 21.1. The van der Waals surface area contributed by atoms with Gasteiger partial charge in [-0.15, -0.1) is 0 Å². The number of hydrogen-bond donors (Lipinski definition) is 0. The van der Waals surface area contributed by atoms with E-state index in [1.54, 1.807) is 12.3 Å². The number of para-hydroxylation sites is 2. The SMILES string of the molecule is Cn1c(CCn2nc(-c3ccccn3)ccc2=O)nc2ccccc21. The van der Waals surface area contributed by atoms with E-state index in [0.717, 1.165) is 22.6 Å². The molecule has 0 aliphatic rings. The van der Waals surface area contributed by atoms with Gasteiger partial charge in [0.25, 0.3) is 5.56 Å². The van der Waals surface area contributed by atoms with Crippen LogP contribution in [0.15, 0.2) is 65.6 Å². The first-order valence-corrected chi connectivity index (χ1v) is 8.12. The van der Waals surface area contributed by atoms with Crippen molar-refractivity contribution in [2.45, 2.75) is 13.0 Å². The first kappa shape index (κ1) is 15.3. The summed E-state index contributed by atoms with van der Waals surface area (Å²) in [6.45, 7) is 0.469. The zero-order valence-corrected chi connectivity index (χ0v) is 13.8. The van der Waals surface area contributed by atoms with Crippen LogP contribution in [-0.2, 0) is 20.0 Å². The molecule has 0 unspecified atom stereocenters. The van der Waals surface area contributed by atoms with Gasteiger partial charge in [-0.05, 0) is 30.3 Å². The van der Waals surface area contributed by atoms with Crippen LogP contribution in [0, 0.1) is 0 Å². The van der Waals surface area contributed by atoms with E-state index in [9.17, 15) is 4.79 Å². The summed E-state index contributed by atoms with van der Waals surface area (Å²) in [6.07, 6.45) is 2.34. The molecule has 0 aliphatic carbocycles. The molecule has 25 heavy (non-hydrogen) atoms. The molecule has 4 rings (SSSR count). The van der Waals surface area contributed by atoms with Crippen LogP contribution >= 0.6 is 0 Å². The predicted octanol–water partition coefficient (Wildman–Crippen LogP) is 2.43. The van der Waals surface area contributed by atoms with Crippen molar-refractivity contribution in [3.05, 3.63) is 77.0 Å². The van der Waals surface area contributed by atoms with E-state index in [4.69, 9.17) is 0 Å². The van der Waals surface area contributed by atoms with Gasteiger partial charge in [-0.25, -0.2) is 9.67 Å². The van der Waals surface area contributed by atoms with Crippen LogP contribution in [0.3, 0.4) is 0 Å². The highest BCUT2D eigenvalue weighted by atomic mass is 16.1. The molecule has 3 aromatic heterocycles. The van der Waals surface area contributed by atoms with Crippen molar-refractivity contribution in [1.29, 1.82) is 0 Å². The molecule has 0 N–H and O–H groups in total. The molecule has 0 saturated heterocycles. The lowest BCUT2D eigenvalue weighted by molar-refractivity contribution is 0.562. The van der Waals surface area contributed by atoms with E-state index in [0.29, 0.717) is 18.7 Å². The van der Waals surface area contributed by atoms with Crippen molar-refractivity contribution in [3.8, 4) is 11.4 Å². The number of pyridine rings is 1. The highest BCUT2D eigenvalue weighted by Gasteiger charge is 2.09. The molecule has 124 valence electrons. The second kappa shape index (κ2) is 6.32. The number of aromatic nitrogens is 5. The Balaban J connectivity index is 1.62. The summed E-state index contributed by atoms with van der Waals surface area (Å²) in [5, 5.41) is 4.45. The Labute approximate surface area is 144 Å². The maximum atomic E-state index is 12.1. The lowest BCUT2D eigenvalue weighted by Gasteiger charge is -2.07. The van der Waals surface area contributed by atoms with Crippen LogP contribution < -0.4 is 5.56 Å². The molecular formula is C19H17N5O. The highest BCUT2D eigenvalue weighted by molar-refractivity contribution is 5.75. The lowest BCUT2D eigenvalue weighted by atomic mass is 10.2. The number of benzene rings is 1. The van der Waals surface area contributed by atoms with E-state index in [2.05, 4.69) is 19.6 Å².